The summed E-state index contributed by atoms with van der Waals surface area (Å²) in [4.78, 5) is 10.6. The van der Waals surface area contributed by atoms with Crippen LogP contribution in [0.1, 0.15) is 13.8 Å². The third kappa shape index (κ3) is 2.17. The van der Waals surface area contributed by atoms with E-state index in [4.69, 9.17) is 5.73 Å². The van der Waals surface area contributed by atoms with Crippen molar-refractivity contribution in [3.05, 3.63) is 0 Å². The van der Waals surface area contributed by atoms with Gasteiger partial charge in [0.25, 0.3) is 0 Å². The summed E-state index contributed by atoms with van der Waals surface area (Å²) in [5.41, 5.74) is 8.29. The number of nitrogens with zero attached hydrogens (tertiary/aromatic N) is 1. The molecule has 1 aliphatic heterocycles. The zero-order valence-electron chi connectivity index (χ0n) is 7.00. The van der Waals surface area contributed by atoms with Crippen LogP contribution in [0.15, 0.2) is 0 Å². The fraction of sp³-hybridized carbons (Fsp3) is 0.857. The topological polar surface area (TPSA) is 58.4 Å². The number of nitrogens with one attached hydrogen (secondary N) is 1. The lowest BCUT2D eigenvalue weighted by molar-refractivity contribution is -0.128. The molecule has 0 bridgehead atoms. The van der Waals surface area contributed by atoms with E-state index in [0.29, 0.717) is 6.04 Å². The molecule has 1 heterocycles. The van der Waals surface area contributed by atoms with Gasteiger partial charge in [-0.05, 0) is 13.8 Å². The summed E-state index contributed by atoms with van der Waals surface area (Å²) in [6, 6.07) is 0.434. The van der Waals surface area contributed by atoms with E-state index >= 15 is 0 Å². The van der Waals surface area contributed by atoms with Gasteiger partial charge in [0.15, 0.2) is 0 Å². The van der Waals surface area contributed by atoms with Crippen LogP contribution in [0.25, 0.3) is 0 Å². The Bertz CT molecular complexity index is 152. The number of carbonyl (C=O) groups is 1. The molecule has 4 heteroatoms. The minimum atomic E-state index is -0.188. The van der Waals surface area contributed by atoms with Gasteiger partial charge in [-0.3, -0.25) is 10.2 Å². The van der Waals surface area contributed by atoms with E-state index in [2.05, 4.69) is 19.3 Å². The summed E-state index contributed by atoms with van der Waals surface area (Å²) in [6.45, 7) is 5.65. The molecule has 4 nitrogen and oxygen atoms in total. The Morgan fingerprint density at radius 2 is 2.18 bits per heavy atom. The number of hydrogen-bond acceptors (Lipinski definition) is 3. The Balaban J connectivity index is 2.14. The average molecular weight is 157 g/mol. The molecule has 0 unspecified atom stereocenters. The van der Waals surface area contributed by atoms with Crippen LogP contribution in [0.5, 0.6) is 0 Å². The highest BCUT2D eigenvalue weighted by atomic mass is 16.1. The van der Waals surface area contributed by atoms with Gasteiger partial charge in [0.05, 0.1) is 5.92 Å². The number of carbonyl (C=O) groups excluding carboxylic acids is 1. The molecular formula is C7H15N3O. The fourth-order valence-corrected chi connectivity index (χ4v) is 1.13. The van der Waals surface area contributed by atoms with Gasteiger partial charge in [0.2, 0.25) is 5.91 Å². The molecule has 0 aliphatic carbocycles. The molecule has 1 saturated heterocycles. The highest BCUT2D eigenvalue weighted by Gasteiger charge is 2.30. The summed E-state index contributed by atoms with van der Waals surface area (Å²) in [7, 11) is 0. The summed E-state index contributed by atoms with van der Waals surface area (Å²) < 4.78 is 0. The molecule has 0 aromatic heterocycles. The van der Waals surface area contributed by atoms with Crippen LogP contribution >= 0.6 is 0 Å². The molecule has 0 saturated carbocycles. The molecule has 0 aromatic rings. The number of amides is 1. The molecule has 0 atom stereocenters. The molecule has 11 heavy (non-hydrogen) atoms. The first kappa shape index (κ1) is 8.49. The second-order valence-electron chi connectivity index (χ2n) is 3.29. The van der Waals surface area contributed by atoms with E-state index in [0.717, 1.165) is 13.1 Å². The Morgan fingerprint density at radius 1 is 1.64 bits per heavy atom. The molecule has 0 spiro atoms. The van der Waals surface area contributed by atoms with E-state index in [-0.39, 0.29) is 11.8 Å². The molecule has 3 N–H and O–H groups in total. The molecule has 1 fully saturated rings. The molecule has 0 aromatic carbocycles. The lowest BCUT2D eigenvalue weighted by atomic mass is 10.0. The van der Waals surface area contributed by atoms with Crippen molar-refractivity contribution < 1.29 is 4.79 Å². The highest BCUT2D eigenvalue weighted by Crippen LogP contribution is 2.11. The van der Waals surface area contributed by atoms with Gasteiger partial charge >= 0.3 is 0 Å². The normalized spacial score (nSPS) is 20.3. The van der Waals surface area contributed by atoms with E-state index < -0.39 is 0 Å². The zero-order valence-corrected chi connectivity index (χ0v) is 7.00. The molecule has 64 valence electrons. The van der Waals surface area contributed by atoms with Crippen LogP contribution in [0, 0.1) is 5.92 Å². The highest BCUT2D eigenvalue weighted by molar-refractivity contribution is 5.78. The van der Waals surface area contributed by atoms with Crippen molar-refractivity contribution in [3.63, 3.8) is 0 Å². The fourth-order valence-electron chi connectivity index (χ4n) is 1.13. The summed E-state index contributed by atoms with van der Waals surface area (Å²) in [6.07, 6.45) is 0. The number of primary amides is 1. The van der Waals surface area contributed by atoms with Crippen molar-refractivity contribution in [2.75, 3.05) is 13.1 Å². The van der Waals surface area contributed by atoms with Crippen molar-refractivity contribution >= 4 is 5.91 Å². The first-order valence-electron chi connectivity index (χ1n) is 3.90. The monoisotopic (exact) mass is 157 g/mol. The number of nitrogens with two attached hydrogens (primary N) is 1. The molecule has 1 aliphatic rings. The molecular weight excluding hydrogens is 142 g/mol. The van der Waals surface area contributed by atoms with Gasteiger partial charge in [0.1, 0.15) is 0 Å². The van der Waals surface area contributed by atoms with E-state index in [9.17, 15) is 4.79 Å². The number of rotatable bonds is 3. The lowest BCUT2D eigenvalue weighted by Crippen LogP contribution is -2.59. The van der Waals surface area contributed by atoms with E-state index in [1.165, 1.54) is 0 Å². The summed E-state index contributed by atoms with van der Waals surface area (Å²) >= 11 is 0. The first-order chi connectivity index (χ1) is 5.09. The van der Waals surface area contributed by atoms with Crippen molar-refractivity contribution in [3.8, 4) is 0 Å². The van der Waals surface area contributed by atoms with Gasteiger partial charge in [-0.15, -0.1) is 0 Å². The van der Waals surface area contributed by atoms with Crippen LogP contribution in [0.4, 0.5) is 0 Å². The Morgan fingerprint density at radius 3 is 2.55 bits per heavy atom. The van der Waals surface area contributed by atoms with E-state index in [1.54, 1.807) is 0 Å². The van der Waals surface area contributed by atoms with Crippen LogP contribution in [0.3, 0.4) is 0 Å². The van der Waals surface area contributed by atoms with Crippen LogP contribution < -0.4 is 11.2 Å². The predicted molar refractivity (Wildman–Crippen MR) is 42.5 cm³/mol. The third-order valence-corrected chi connectivity index (χ3v) is 1.72. The van der Waals surface area contributed by atoms with Crippen LogP contribution in [-0.4, -0.2) is 30.0 Å². The van der Waals surface area contributed by atoms with Gasteiger partial charge < -0.3 is 5.73 Å². The molecule has 1 rings (SSSR count). The van der Waals surface area contributed by atoms with Crippen molar-refractivity contribution in [2.45, 2.75) is 19.9 Å². The average Bonchev–Trinajstić information content (AvgIpc) is 1.75. The minimum absolute atomic E-state index is 0.0567. The van der Waals surface area contributed by atoms with Crippen LogP contribution in [0.2, 0.25) is 0 Å². The van der Waals surface area contributed by atoms with Crippen molar-refractivity contribution in [2.24, 2.45) is 11.7 Å². The molecule has 0 radical (unpaired) electrons. The Kier molecular flexibility index (Phi) is 2.46. The SMILES string of the molecule is CC(C)NN1CC(C(N)=O)C1. The first-order valence-corrected chi connectivity index (χ1v) is 3.90. The maximum Gasteiger partial charge on any atom is 0.223 e. The van der Waals surface area contributed by atoms with Crippen LogP contribution in [-0.2, 0) is 4.79 Å². The lowest BCUT2D eigenvalue weighted by Gasteiger charge is -2.38. The quantitative estimate of drug-likeness (QED) is 0.570. The maximum absolute atomic E-state index is 10.6. The van der Waals surface area contributed by atoms with Crippen molar-refractivity contribution in [1.29, 1.82) is 0 Å². The summed E-state index contributed by atoms with van der Waals surface area (Å²) in [5.74, 6) is -0.131. The second-order valence-corrected chi connectivity index (χ2v) is 3.29. The van der Waals surface area contributed by atoms with Crippen molar-refractivity contribution in [1.82, 2.24) is 10.4 Å². The minimum Gasteiger partial charge on any atom is -0.369 e. The van der Waals surface area contributed by atoms with Gasteiger partial charge in [-0.2, -0.15) is 0 Å². The van der Waals surface area contributed by atoms with Gasteiger partial charge in [-0.25, -0.2) is 5.01 Å². The number of hydrazine groups is 1. The largest absolute Gasteiger partial charge is 0.369 e. The zero-order chi connectivity index (χ0) is 8.43. The number of hydrogen-bond donors (Lipinski definition) is 2. The predicted octanol–water partition coefficient (Wildman–Crippen LogP) is -0.683. The Labute approximate surface area is 66.7 Å². The maximum atomic E-state index is 10.6. The summed E-state index contributed by atoms with van der Waals surface area (Å²) in [5, 5.41) is 2.01. The molecule has 1 amide bonds. The third-order valence-electron chi connectivity index (χ3n) is 1.72. The van der Waals surface area contributed by atoms with Gasteiger partial charge in [-0.1, -0.05) is 0 Å². The van der Waals surface area contributed by atoms with E-state index in [1.807, 2.05) is 5.01 Å². The second kappa shape index (κ2) is 3.19. The smallest absolute Gasteiger partial charge is 0.223 e. The Hall–Kier alpha value is -0.610. The standard InChI is InChI=1S/C7H15N3O/c1-5(2)9-10-3-6(4-10)7(8)11/h5-6,9H,3-4H2,1-2H3,(H2,8,11). The van der Waals surface area contributed by atoms with Gasteiger partial charge in [0, 0.05) is 19.1 Å².